The summed E-state index contributed by atoms with van der Waals surface area (Å²) in [6, 6.07) is 5.95. The number of morpholine rings is 1. The maximum absolute atomic E-state index is 12.8. The van der Waals surface area contributed by atoms with E-state index in [2.05, 4.69) is 5.16 Å². The second-order valence-electron chi connectivity index (χ2n) is 7.49. The number of carbonyl (C=O) groups is 1. The highest BCUT2D eigenvalue weighted by molar-refractivity contribution is 5.79. The lowest BCUT2D eigenvalue weighted by Gasteiger charge is -2.34. The molecule has 0 aromatic carbocycles. The zero-order chi connectivity index (χ0) is 18.8. The quantitative estimate of drug-likeness (QED) is 0.822. The van der Waals surface area contributed by atoms with Gasteiger partial charge in [-0.2, -0.15) is 0 Å². The first kappa shape index (κ1) is 18.2. The van der Waals surface area contributed by atoms with E-state index >= 15 is 0 Å². The molecule has 144 valence electrons. The van der Waals surface area contributed by atoms with E-state index in [-0.39, 0.29) is 12.0 Å². The molecule has 2 aromatic rings. The van der Waals surface area contributed by atoms with Gasteiger partial charge in [0, 0.05) is 18.9 Å². The Morgan fingerprint density at radius 1 is 1.30 bits per heavy atom. The van der Waals surface area contributed by atoms with Crippen molar-refractivity contribution in [3.05, 3.63) is 35.3 Å². The molecule has 0 radical (unpaired) electrons. The Morgan fingerprint density at radius 2 is 2.11 bits per heavy atom. The molecule has 2 aliphatic rings. The SMILES string of the molecule is CCc1onc(C)c1-c1cccc(C2CN(C(=O)C3CCCC3)CCO2)n1. The van der Waals surface area contributed by atoms with Crippen LogP contribution in [-0.4, -0.2) is 40.6 Å². The summed E-state index contributed by atoms with van der Waals surface area (Å²) in [7, 11) is 0. The Labute approximate surface area is 159 Å². The van der Waals surface area contributed by atoms with Crippen molar-refractivity contribution in [1.29, 1.82) is 0 Å². The highest BCUT2D eigenvalue weighted by Gasteiger charge is 2.32. The lowest BCUT2D eigenvalue weighted by molar-refractivity contribution is -0.143. The first-order chi connectivity index (χ1) is 13.2. The van der Waals surface area contributed by atoms with Gasteiger partial charge in [-0.3, -0.25) is 4.79 Å². The largest absolute Gasteiger partial charge is 0.368 e. The van der Waals surface area contributed by atoms with Crippen LogP contribution in [-0.2, 0) is 16.0 Å². The van der Waals surface area contributed by atoms with Gasteiger partial charge in [-0.25, -0.2) is 4.98 Å². The van der Waals surface area contributed by atoms with Crippen molar-refractivity contribution >= 4 is 5.91 Å². The maximum Gasteiger partial charge on any atom is 0.225 e. The molecule has 1 amide bonds. The highest BCUT2D eigenvalue weighted by Crippen LogP contribution is 2.31. The van der Waals surface area contributed by atoms with Crippen LogP contribution in [0, 0.1) is 12.8 Å². The molecule has 2 fully saturated rings. The Morgan fingerprint density at radius 3 is 2.89 bits per heavy atom. The number of ether oxygens (including phenoxy) is 1. The van der Waals surface area contributed by atoms with Crippen LogP contribution < -0.4 is 0 Å². The molecule has 1 aliphatic heterocycles. The van der Waals surface area contributed by atoms with Gasteiger partial charge in [0.15, 0.2) is 0 Å². The number of amides is 1. The highest BCUT2D eigenvalue weighted by atomic mass is 16.5. The summed E-state index contributed by atoms with van der Waals surface area (Å²) in [6.45, 7) is 5.79. The zero-order valence-corrected chi connectivity index (χ0v) is 16.1. The van der Waals surface area contributed by atoms with E-state index in [9.17, 15) is 4.79 Å². The van der Waals surface area contributed by atoms with Crippen molar-refractivity contribution in [2.24, 2.45) is 5.92 Å². The van der Waals surface area contributed by atoms with Crippen molar-refractivity contribution in [2.45, 2.75) is 52.1 Å². The minimum atomic E-state index is -0.186. The molecule has 27 heavy (non-hydrogen) atoms. The topological polar surface area (TPSA) is 68.5 Å². The van der Waals surface area contributed by atoms with Crippen molar-refractivity contribution in [3.8, 4) is 11.3 Å². The fraction of sp³-hybridized carbons (Fsp3) is 0.571. The van der Waals surface area contributed by atoms with Crippen LogP contribution in [0.1, 0.15) is 55.9 Å². The van der Waals surface area contributed by atoms with Crippen LogP contribution in [0.2, 0.25) is 0 Å². The first-order valence-electron chi connectivity index (χ1n) is 10.00. The summed E-state index contributed by atoms with van der Waals surface area (Å²) in [5, 5.41) is 4.09. The fourth-order valence-electron chi connectivity index (χ4n) is 4.22. The predicted octanol–water partition coefficient (Wildman–Crippen LogP) is 3.70. The predicted molar refractivity (Wildman–Crippen MR) is 101 cm³/mol. The van der Waals surface area contributed by atoms with Gasteiger partial charge in [0.1, 0.15) is 11.9 Å². The van der Waals surface area contributed by atoms with Crippen molar-refractivity contribution in [1.82, 2.24) is 15.0 Å². The van der Waals surface area contributed by atoms with Crippen molar-refractivity contribution in [2.75, 3.05) is 19.7 Å². The summed E-state index contributed by atoms with van der Waals surface area (Å²) in [6.07, 6.45) is 4.99. The molecule has 0 spiro atoms. The molecule has 1 unspecified atom stereocenters. The molecular weight excluding hydrogens is 342 g/mol. The van der Waals surface area contributed by atoms with E-state index in [1.807, 2.05) is 36.9 Å². The number of hydrogen-bond acceptors (Lipinski definition) is 5. The van der Waals surface area contributed by atoms with Gasteiger partial charge < -0.3 is 14.2 Å². The molecule has 6 heteroatoms. The lowest BCUT2D eigenvalue weighted by Crippen LogP contribution is -2.44. The third-order valence-electron chi connectivity index (χ3n) is 5.69. The smallest absolute Gasteiger partial charge is 0.225 e. The number of aromatic nitrogens is 2. The summed E-state index contributed by atoms with van der Waals surface area (Å²) in [5.41, 5.74) is 3.53. The van der Waals surface area contributed by atoms with Gasteiger partial charge in [-0.1, -0.05) is 31.0 Å². The molecule has 1 aliphatic carbocycles. The van der Waals surface area contributed by atoms with Crippen molar-refractivity contribution < 1.29 is 14.1 Å². The maximum atomic E-state index is 12.8. The number of pyridine rings is 1. The van der Waals surface area contributed by atoms with E-state index in [1.165, 1.54) is 12.8 Å². The number of hydrogen-bond donors (Lipinski definition) is 0. The Bertz CT molecular complexity index is 811. The van der Waals surface area contributed by atoms with E-state index in [1.54, 1.807) is 0 Å². The molecule has 0 N–H and O–H groups in total. The second kappa shape index (κ2) is 7.80. The Hall–Kier alpha value is -2.21. The summed E-state index contributed by atoms with van der Waals surface area (Å²) < 4.78 is 11.4. The molecule has 6 nitrogen and oxygen atoms in total. The van der Waals surface area contributed by atoms with Gasteiger partial charge in [0.25, 0.3) is 0 Å². The average Bonchev–Trinajstić information content (AvgIpc) is 3.37. The third kappa shape index (κ3) is 3.63. The second-order valence-corrected chi connectivity index (χ2v) is 7.49. The van der Waals surface area contributed by atoms with Crippen molar-refractivity contribution in [3.63, 3.8) is 0 Å². The first-order valence-corrected chi connectivity index (χ1v) is 10.00. The standard InChI is InChI=1S/C21H27N3O3/c1-3-18-20(14(2)23-27-18)17-10-6-9-16(22-17)19-13-24(11-12-26-19)21(25)15-7-4-5-8-15/h6,9-10,15,19H,3-5,7-8,11-13H2,1-2H3. The van der Waals surface area contributed by atoms with E-state index < -0.39 is 0 Å². The number of nitrogens with zero attached hydrogens (tertiary/aromatic N) is 3. The summed E-state index contributed by atoms with van der Waals surface area (Å²) in [4.78, 5) is 19.6. The summed E-state index contributed by atoms with van der Waals surface area (Å²) in [5.74, 6) is 1.34. The Balaban J connectivity index is 1.54. The number of carbonyl (C=O) groups excluding carboxylic acids is 1. The van der Waals surface area contributed by atoms with Crippen LogP contribution in [0.25, 0.3) is 11.3 Å². The van der Waals surface area contributed by atoms with E-state index in [0.29, 0.717) is 25.6 Å². The molecule has 1 saturated heterocycles. The number of rotatable bonds is 4. The molecular formula is C21H27N3O3. The van der Waals surface area contributed by atoms with Crippen LogP contribution >= 0.6 is 0 Å². The van der Waals surface area contributed by atoms with Crippen LogP contribution in [0.3, 0.4) is 0 Å². The van der Waals surface area contributed by atoms with Gasteiger partial charge >= 0.3 is 0 Å². The van der Waals surface area contributed by atoms with E-state index in [4.69, 9.17) is 14.2 Å². The molecule has 1 saturated carbocycles. The van der Waals surface area contributed by atoms with E-state index in [0.717, 1.165) is 47.7 Å². The van der Waals surface area contributed by atoms with Gasteiger partial charge in [0.05, 0.1) is 35.8 Å². The normalized spacial score (nSPS) is 21.0. The minimum Gasteiger partial charge on any atom is -0.368 e. The third-order valence-corrected chi connectivity index (χ3v) is 5.69. The summed E-state index contributed by atoms with van der Waals surface area (Å²) >= 11 is 0. The zero-order valence-electron chi connectivity index (χ0n) is 16.1. The molecule has 3 heterocycles. The monoisotopic (exact) mass is 369 g/mol. The van der Waals surface area contributed by atoms with Crippen LogP contribution in [0.15, 0.2) is 22.7 Å². The average molecular weight is 369 g/mol. The Kier molecular flexibility index (Phi) is 5.25. The fourth-order valence-corrected chi connectivity index (χ4v) is 4.22. The number of aryl methyl sites for hydroxylation is 2. The van der Waals surface area contributed by atoms with Gasteiger partial charge in [-0.05, 0) is 31.9 Å². The molecule has 1 atom stereocenters. The lowest BCUT2D eigenvalue weighted by atomic mass is 10.0. The molecule has 2 aromatic heterocycles. The van der Waals surface area contributed by atoms with Crippen LogP contribution in [0.4, 0.5) is 0 Å². The molecule has 0 bridgehead atoms. The van der Waals surface area contributed by atoms with Gasteiger partial charge in [0.2, 0.25) is 5.91 Å². The molecule has 4 rings (SSSR count). The van der Waals surface area contributed by atoms with Crippen LogP contribution in [0.5, 0.6) is 0 Å². The minimum absolute atomic E-state index is 0.186. The van der Waals surface area contributed by atoms with Gasteiger partial charge in [-0.15, -0.1) is 0 Å².